The van der Waals surface area contributed by atoms with Crippen molar-refractivity contribution in [2.45, 2.75) is 32.2 Å². The number of halogens is 3. The Bertz CT molecular complexity index is 210. The quantitative estimate of drug-likeness (QED) is 0.745. The summed E-state index contributed by atoms with van der Waals surface area (Å²) in [5.74, 6) is -1.68. The summed E-state index contributed by atoms with van der Waals surface area (Å²) in [5, 5.41) is 2.06. The topological polar surface area (TPSA) is 46.2 Å². The third-order valence-electron chi connectivity index (χ3n) is 1.61. The number of rotatable bonds is 6. The number of alkyl halides is 3. The molecule has 0 radical (unpaired) electrons. The van der Waals surface area contributed by atoms with Crippen molar-refractivity contribution in [3.8, 4) is 0 Å². The molecule has 0 bridgehead atoms. The molecule has 0 aliphatic carbocycles. The number of Topliss-reactive ketones (excluding diaryl/α,β-unsaturated/α-hetero) is 1. The number of nitrogens with one attached hydrogen (secondary N) is 1. The van der Waals surface area contributed by atoms with Crippen LogP contribution in [0.5, 0.6) is 0 Å². The zero-order valence-corrected chi connectivity index (χ0v) is 9.31. The number of carbonyl (C=O) groups is 2. The fourth-order valence-corrected chi connectivity index (χ4v) is 1.32. The molecule has 1 N–H and O–H groups in total. The van der Waals surface area contributed by atoms with Gasteiger partial charge in [-0.3, -0.25) is 9.59 Å². The lowest BCUT2D eigenvalue weighted by molar-refractivity contribution is -0.134. The van der Waals surface area contributed by atoms with E-state index in [1.54, 1.807) is 0 Å². The molecule has 0 spiro atoms. The number of hydrogen-bond donors (Lipinski definition) is 1. The van der Waals surface area contributed by atoms with Gasteiger partial charge in [-0.1, -0.05) is 29.3 Å². The van der Waals surface area contributed by atoms with Crippen LogP contribution in [0.4, 0.5) is 8.78 Å². The number of carbonyl (C=O) groups excluding carboxylic acids is 2. The summed E-state index contributed by atoms with van der Waals surface area (Å²) >= 11 is 2.92. The second kappa shape index (κ2) is 6.86. The van der Waals surface area contributed by atoms with E-state index in [1.807, 2.05) is 12.2 Å². The number of ketones is 1. The Labute approximate surface area is 89.4 Å². The SMILES string of the molecule is CCCC(NC(=O)C(F)F)C(=O)CBr. The van der Waals surface area contributed by atoms with Crippen molar-refractivity contribution in [3.05, 3.63) is 0 Å². The first kappa shape index (κ1) is 13.5. The van der Waals surface area contributed by atoms with Crippen LogP contribution in [0.25, 0.3) is 0 Å². The van der Waals surface area contributed by atoms with Gasteiger partial charge < -0.3 is 5.32 Å². The summed E-state index contributed by atoms with van der Waals surface area (Å²) in [4.78, 5) is 21.8. The maximum Gasteiger partial charge on any atom is 0.315 e. The van der Waals surface area contributed by atoms with E-state index in [4.69, 9.17) is 0 Å². The first-order valence-electron chi connectivity index (χ1n) is 4.20. The number of hydrogen-bond acceptors (Lipinski definition) is 2. The third-order valence-corrected chi connectivity index (χ3v) is 2.17. The Hall–Kier alpha value is -0.520. The highest BCUT2D eigenvalue weighted by Gasteiger charge is 2.23. The van der Waals surface area contributed by atoms with Gasteiger partial charge >= 0.3 is 6.43 Å². The van der Waals surface area contributed by atoms with Crippen LogP contribution in [0.15, 0.2) is 0 Å². The molecule has 1 unspecified atom stereocenters. The van der Waals surface area contributed by atoms with Crippen molar-refractivity contribution >= 4 is 27.6 Å². The molecule has 0 aliphatic rings. The van der Waals surface area contributed by atoms with Crippen LogP contribution in [0.3, 0.4) is 0 Å². The molecule has 0 rings (SSSR count). The zero-order chi connectivity index (χ0) is 11.1. The maximum atomic E-state index is 11.9. The molecule has 0 aliphatic heterocycles. The second-order valence-electron chi connectivity index (χ2n) is 2.75. The minimum Gasteiger partial charge on any atom is -0.341 e. The van der Waals surface area contributed by atoms with Crippen LogP contribution >= 0.6 is 15.9 Å². The normalized spacial score (nSPS) is 12.6. The molecule has 0 aromatic carbocycles. The van der Waals surface area contributed by atoms with E-state index < -0.39 is 18.4 Å². The van der Waals surface area contributed by atoms with E-state index in [9.17, 15) is 18.4 Å². The van der Waals surface area contributed by atoms with Gasteiger partial charge in [0, 0.05) is 0 Å². The van der Waals surface area contributed by atoms with E-state index in [-0.39, 0.29) is 11.1 Å². The van der Waals surface area contributed by atoms with Crippen LogP contribution in [0.1, 0.15) is 19.8 Å². The molecule has 0 saturated carbocycles. The smallest absolute Gasteiger partial charge is 0.315 e. The van der Waals surface area contributed by atoms with Gasteiger partial charge in [0.25, 0.3) is 5.91 Å². The van der Waals surface area contributed by atoms with Gasteiger partial charge in [0.1, 0.15) is 0 Å². The molecule has 0 aromatic rings. The molecule has 0 aromatic heterocycles. The highest BCUT2D eigenvalue weighted by molar-refractivity contribution is 9.09. The molecule has 0 heterocycles. The Balaban J connectivity index is 4.22. The number of amides is 1. The molecule has 3 nitrogen and oxygen atoms in total. The molecular formula is C8H12BrF2NO2. The van der Waals surface area contributed by atoms with Crippen molar-refractivity contribution in [2.24, 2.45) is 0 Å². The van der Waals surface area contributed by atoms with E-state index in [1.165, 1.54) is 0 Å². The van der Waals surface area contributed by atoms with Gasteiger partial charge in [-0.2, -0.15) is 8.78 Å². The lowest BCUT2D eigenvalue weighted by Gasteiger charge is -2.15. The van der Waals surface area contributed by atoms with E-state index in [0.29, 0.717) is 12.8 Å². The zero-order valence-electron chi connectivity index (χ0n) is 7.73. The lowest BCUT2D eigenvalue weighted by atomic mass is 10.1. The summed E-state index contributed by atoms with van der Waals surface area (Å²) in [6, 6.07) is -0.805. The van der Waals surface area contributed by atoms with Crippen molar-refractivity contribution in [1.82, 2.24) is 5.32 Å². The van der Waals surface area contributed by atoms with Crippen molar-refractivity contribution in [3.63, 3.8) is 0 Å². The molecule has 0 saturated heterocycles. The van der Waals surface area contributed by atoms with Gasteiger partial charge in [0.05, 0.1) is 11.4 Å². The molecule has 82 valence electrons. The van der Waals surface area contributed by atoms with Crippen LogP contribution in [-0.2, 0) is 9.59 Å². The highest BCUT2D eigenvalue weighted by atomic mass is 79.9. The molecule has 1 atom stereocenters. The van der Waals surface area contributed by atoms with Crippen molar-refractivity contribution in [2.75, 3.05) is 5.33 Å². The largest absolute Gasteiger partial charge is 0.341 e. The molecular weight excluding hydrogens is 260 g/mol. The van der Waals surface area contributed by atoms with Crippen molar-refractivity contribution in [1.29, 1.82) is 0 Å². The Morgan fingerprint density at radius 1 is 1.43 bits per heavy atom. The first-order valence-corrected chi connectivity index (χ1v) is 5.32. The summed E-state index contributed by atoms with van der Waals surface area (Å²) in [6.45, 7) is 1.81. The van der Waals surface area contributed by atoms with E-state index >= 15 is 0 Å². The summed E-state index contributed by atoms with van der Waals surface area (Å²) in [7, 11) is 0. The third kappa shape index (κ3) is 4.64. The molecule has 1 amide bonds. The highest BCUT2D eigenvalue weighted by Crippen LogP contribution is 2.02. The fraction of sp³-hybridized carbons (Fsp3) is 0.750. The fourth-order valence-electron chi connectivity index (χ4n) is 0.930. The van der Waals surface area contributed by atoms with Crippen molar-refractivity contribution < 1.29 is 18.4 Å². The predicted octanol–water partition coefficient (Wildman–Crippen LogP) is 1.50. The van der Waals surface area contributed by atoms with Gasteiger partial charge in [-0.25, -0.2) is 0 Å². The molecule has 0 fully saturated rings. The first-order chi connectivity index (χ1) is 6.52. The summed E-state index contributed by atoms with van der Waals surface area (Å²) < 4.78 is 23.7. The summed E-state index contributed by atoms with van der Waals surface area (Å²) in [6.07, 6.45) is -2.05. The van der Waals surface area contributed by atoms with Gasteiger partial charge in [0.15, 0.2) is 5.78 Å². The second-order valence-corrected chi connectivity index (χ2v) is 3.31. The lowest BCUT2D eigenvalue weighted by Crippen LogP contribution is -2.43. The average molecular weight is 272 g/mol. The van der Waals surface area contributed by atoms with Crippen LogP contribution in [-0.4, -0.2) is 29.5 Å². The van der Waals surface area contributed by atoms with Crippen LogP contribution in [0, 0.1) is 0 Å². The standard InChI is InChI=1S/C8H12BrF2NO2/c1-2-3-5(6(13)4-9)12-8(14)7(10)11/h5,7H,2-4H2,1H3,(H,12,14). The van der Waals surface area contributed by atoms with E-state index in [0.717, 1.165) is 0 Å². The molecule has 6 heteroatoms. The van der Waals surface area contributed by atoms with Gasteiger partial charge in [0.2, 0.25) is 0 Å². The van der Waals surface area contributed by atoms with Crippen LogP contribution in [0.2, 0.25) is 0 Å². The predicted molar refractivity (Wildman–Crippen MR) is 51.6 cm³/mol. The minimum atomic E-state index is -3.07. The Kier molecular flexibility index (Phi) is 6.61. The monoisotopic (exact) mass is 271 g/mol. The Morgan fingerprint density at radius 2 is 2.00 bits per heavy atom. The van der Waals surface area contributed by atoms with Crippen LogP contribution < -0.4 is 5.32 Å². The van der Waals surface area contributed by atoms with Gasteiger partial charge in [-0.05, 0) is 6.42 Å². The Morgan fingerprint density at radius 3 is 2.36 bits per heavy atom. The van der Waals surface area contributed by atoms with Gasteiger partial charge in [-0.15, -0.1) is 0 Å². The summed E-state index contributed by atoms with van der Waals surface area (Å²) in [5.41, 5.74) is 0. The average Bonchev–Trinajstić information content (AvgIpc) is 2.15. The minimum absolute atomic E-state index is 0.0567. The maximum absolute atomic E-state index is 11.9. The molecule has 14 heavy (non-hydrogen) atoms. The van der Waals surface area contributed by atoms with E-state index in [2.05, 4.69) is 15.9 Å².